The highest BCUT2D eigenvalue weighted by Gasteiger charge is 2.24. The number of aromatic nitrogens is 2. The molecule has 2 aromatic carbocycles. The second-order valence-corrected chi connectivity index (χ2v) is 8.67. The highest BCUT2D eigenvalue weighted by molar-refractivity contribution is 5.74. The number of para-hydroxylation sites is 1. The van der Waals surface area contributed by atoms with Crippen LogP contribution in [0.25, 0.3) is 11.3 Å². The first kappa shape index (κ1) is 24.3. The average molecular weight is 473 g/mol. The summed E-state index contributed by atoms with van der Waals surface area (Å²) >= 11 is 0. The van der Waals surface area contributed by atoms with E-state index in [-0.39, 0.29) is 17.4 Å². The van der Waals surface area contributed by atoms with E-state index in [2.05, 4.69) is 42.3 Å². The molecule has 0 amide bonds. The smallest absolute Gasteiger partial charge is 0.265 e. The highest BCUT2D eigenvalue weighted by atomic mass is 16.5. The number of allylic oxidation sites excluding steroid dienone is 4. The molecule has 0 fully saturated rings. The van der Waals surface area contributed by atoms with Crippen molar-refractivity contribution in [2.75, 3.05) is 14.2 Å². The summed E-state index contributed by atoms with van der Waals surface area (Å²) in [6.45, 7) is 2.08. The molecule has 35 heavy (non-hydrogen) atoms. The fraction of sp³-hybridized carbons (Fsp3) is 0.310. The molecular weight excluding hydrogens is 440 g/mol. The van der Waals surface area contributed by atoms with Gasteiger partial charge in [0.25, 0.3) is 5.56 Å². The van der Waals surface area contributed by atoms with E-state index in [1.165, 1.54) is 0 Å². The molecule has 1 atom stereocenters. The summed E-state index contributed by atoms with van der Waals surface area (Å²) < 4.78 is 12.7. The van der Waals surface area contributed by atoms with Gasteiger partial charge in [-0.2, -0.15) is 4.98 Å². The van der Waals surface area contributed by atoms with Gasteiger partial charge in [0.15, 0.2) is 0 Å². The van der Waals surface area contributed by atoms with E-state index >= 15 is 0 Å². The van der Waals surface area contributed by atoms with Crippen LogP contribution >= 0.6 is 0 Å². The molecule has 0 spiro atoms. The molecule has 0 aliphatic heterocycles. The Morgan fingerprint density at radius 1 is 1.06 bits per heavy atom. The number of aryl methyl sites for hydroxylation is 1. The first-order valence-corrected chi connectivity index (χ1v) is 12.1. The van der Waals surface area contributed by atoms with Crippen molar-refractivity contribution in [2.24, 2.45) is 5.92 Å². The number of methoxy groups -OCH3 is 2. The number of unbranched alkanes of at least 4 members (excludes halogenated alkanes) is 1. The summed E-state index contributed by atoms with van der Waals surface area (Å²) in [5.41, 5.74) is 2.84. The highest BCUT2D eigenvalue weighted by Crippen LogP contribution is 2.34. The van der Waals surface area contributed by atoms with E-state index in [1.807, 2.05) is 24.3 Å². The van der Waals surface area contributed by atoms with Crippen LogP contribution in [0.4, 0.5) is 0 Å². The third-order valence-electron chi connectivity index (χ3n) is 6.37. The van der Waals surface area contributed by atoms with Crippen LogP contribution in [0.15, 0.2) is 71.6 Å². The quantitative estimate of drug-likeness (QED) is 0.445. The molecule has 1 heterocycles. The lowest BCUT2D eigenvalue weighted by atomic mass is 9.89. The Bertz CT molecular complexity index is 1270. The van der Waals surface area contributed by atoms with Gasteiger partial charge in [-0.15, -0.1) is 0 Å². The Morgan fingerprint density at radius 3 is 2.37 bits per heavy atom. The molecule has 0 saturated carbocycles. The Balaban J connectivity index is 1.73. The lowest BCUT2D eigenvalue weighted by Crippen LogP contribution is -2.29. The van der Waals surface area contributed by atoms with Gasteiger partial charge in [-0.3, -0.25) is 9.36 Å². The summed E-state index contributed by atoms with van der Waals surface area (Å²) in [7, 11) is 3.13. The maximum Gasteiger partial charge on any atom is 0.265 e. The van der Waals surface area contributed by atoms with Crippen molar-refractivity contribution in [1.29, 1.82) is 0 Å². The number of aromatic hydroxyl groups is 1. The van der Waals surface area contributed by atoms with Gasteiger partial charge < -0.3 is 14.6 Å². The van der Waals surface area contributed by atoms with E-state index in [4.69, 9.17) is 9.47 Å². The minimum absolute atomic E-state index is 0.0809. The Hall–Kier alpha value is -3.80. The molecular formula is C29H32N2O4. The molecule has 3 aromatic rings. The van der Waals surface area contributed by atoms with E-state index in [0.717, 1.165) is 30.4 Å². The third-order valence-corrected chi connectivity index (χ3v) is 6.37. The summed E-state index contributed by atoms with van der Waals surface area (Å²) in [5, 5.41) is 10.8. The van der Waals surface area contributed by atoms with Gasteiger partial charge in [-0.25, -0.2) is 0 Å². The fourth-order valence-corrected chi connectivity index (χ4v) is 4.47. The van der Waals surface area contributed by atoms with Gasteiger partial charge >= 0.3 is 0 Å². The van der Waals surface area contributed by atoms with Crippen molar-refractivity contribution in [3.05, 3.63) is 94.1 Å². The normalized spacial score (nSPS) is 15.1. The van der Waals surface area contributed by atoms with Gasteiger partial charge in [-0.05, 0) is 48.4 Å². The lowest BCUT2D eigenvalue weighted by molar-refractivity contribution is 0.387. The number of benzene rings is 2. The van der Waals surface area contributed by atoms with Crippen molar-refractivity contribution >= 4 is 5.57 Å². The topological polar surface area (TPSA) is 73.6 Å². The van der Waals surface area contributed by atoms with Crippen molar-refractivity contribution in [1.82, 2.24) is 9.55 Å². The lowest BCUT2D eigenvalue weighted by Gasteiger charge is -2.21. The number of hydrogen-bond acceptors (Lipinski definition) is 5. The summed E-state index contributed by atoms with van der Waals surface area (Å²) in [6, 6.07) is 15.6. The van der Waals surface area contributed by atoms with Crippen LogP contribution in [0.1, 0.15) is 43.1 Å². The van der Waals surface area contributed by atoms with Crippen molar-refractivity contribution in [2.45, 2.75) is 39.0 Å². The molecule has 4 rings (SSSR count). The second-order valence-electron chi connectivity index (χ2n) is 8.67. The van der Waals surface area contributed by atoms with Gasteiger partial charge in [0.2, 0.25) is 5.88 Å². The summed E-state index contributed by atoms with van der Waals surface area (Å²) in [5.74, 6) is 1.40. The maximum atomic E-state index is 13.9. The predicted molar refractivity (Wildman–Crippen MR) is 139 cm³/mol. The Labute approximate surface area is 206 Å². The van der Waals surface area contributed by atoms with Crippen LogP contribution in [-0.2, 0) is 12.8 Å². The van der Waals surface area contributed by atoms with E-state index in [0.29, 0.717) is 41.4 Å². The molecule has 1 aliphatic rings. The van der Waals surface area contributed by atoms with Gasteiger partial charge in [-0.1, -0.05) is 68.0 Å². The maximum absolute atomic E-state index is 13.9. The van der Waals surface area contributed by atoms with Crippen LogP contribution < -0.4 is 15.0 Å². The van der Waals surface area contributed by atoms with Crippen LogP contribution in [0, 0.1) is 5.92 Å². The minimum atomic E-state index is -0.294. The SMILES string of the molecule is CCCCc1nc(O)c(CC2C=CC(c3ccccc3)=CC2)c(=O)n1-c1c(OC)cccc1OC. The van der Waals surface area contributed by atoms with Crippen LogP contribution in [0.3, 0.4) is 0 Å². The van der Waals surface area contributed by atoms with Crippen molar-refractivity contribution < 1.29 is 14.6 Å². The second kappa shape index (κ2) is 11.1. The molecule has 1 aliphatic carbocycles. The molecule has 0 bridgehead atoms. The molecule has 1 N–H and O–H groups in total. The Kier molecular flexibility index (Phi) is 7.70. The molecule has 182 valence electrons. The van der Waals surface area contributed by atoms with Crippen molar-refractivity contribution in [3.8, 4) is 23.1 Å². The molecule has 6 nitrogen and oxygen atoms in total. The number of hydrogen-bond donors (Lipinski definition) is 1. The third kappa shape index (κ3) is 5.16. The first-order chi connectivity index (χ1) is 17.1. The van der Waals surface area contributed by atoms with E-state index in [9.17, 15) is 9.90 Å². The monoisotopic (exact) mass is 472 g/mol. The standard InChI is InChI=1S/C29H32N2O4/c1-4-5-14-26-30-28(32)23(19-20-15-17-22(18-16-20)21-10-7-6-8-11-21)29(33)31(26)27-24(34-2)12-9-13-25(27)35-3/h6-13,15,17-18,20,32H,4-5,14,16,19H2,1-3H3. The van der Waals surface area contributed by atoms with E-state index in [1.54, 1.807) is 30.9 Å². The first-order valence-electron chi connectivity index (χ1n) is 12.1. The number of rotatable bonds is 9. The number of nitrogens with zero attached hydrogens (tertiary/aromatic N) is 2. The zero-order valence-corrected chi connectivity index (χ0v) is 20.5. The largest absolute Gasteiger partial charge is 0.494 e. The number of ether oxygens (including phenoxy) is 2. The van der Waals surface area contributed by atoms with Gasteiger partial charge in [0, 0.05) is 6.42 Å². The van der Waals surface area contributed by atoms with Crippen molar-refractivity contribution in [3.63, 3.8) is 0 Å². The molecule has 1 aromatic heterocycles. The van der Waals surface area contributed by atoms with Gasteiger partial charge in [0.05, 0.1) is 19.8 Å². The minimum Gasteiger partial charge on any atom is -0.494 e. The van der Waals surface area contributed by atoms with Crippen LogP contribution in [-0.4, -0.2) is 28.9 Å². The molecule has 6 heteroatoms. The van der Waals surface area contributed by atoms with E-state index < -0.39 is 0 Å². The summed E-state index contributed by atoms with van der Waals surface area (Å²) in [6.07, 6.45) is 9.86. The zero-order valence-electron chi connectivity index (χ0n) is 20.5. The van der Waals surface area contributed by atoms with Crippen LogP contribution in [0.5, 0.6) is 17.4 Å². The predicted octanol–water partition coefficient (Wildman–Crippen LogP) is 5.50. The Morgan fingerprint density at radius 2 is 1.77 bits per heavy atom. The molecule has 0 radical (unpaired) electrons. The molecule has 0 saturated heterocycles. The fourth-order valence-electron chi connectivity index (χ4n) is 4.47. The van der Waals surface area contributed by atoms with Gasteiger partial charge in [0.1, 0.15) is 23.0 Å². The zero-order chi connectivity index (χ0) is 24.8. The summed E-state index contributed by atoms with van der Waals surface area (Å²) in [4.78, 5) is 18.4. The molecule has 1 unspecified atom stereocenters. The average Bonchev–Trinajstić information content (AvgIpc) is 2.90. The van der Waals surface area contributed by atoms with Crippen LogP contribution in [0.2, 0.25) is 0 Å².